The third-order valence-electron chi connectivity index (χ3n) is 11.6. The van der Waals surface area contributed by atoms with Gasteiger partial charge in [-0.25, -0.2) is 0 Å². The Morgan fingerprint density at radius 3 is 1.37 bits per heavy atom. The van der Waals surface area contributed by atoms with E-state index < -0.39 is 0 Å². The first kappa shape index (κ1) is 38.2. The Morgan fingerprint density at radius 2 is 0.867 bits per heavy atom. The summed E-state index contributed by atoms with van der Waals surface area (Å²) >= 11 is 0. The van der Waals surface area contributed by atoms with E-state index in [-0.39, 0.29) is 0 Å². The lowest BCUT2D eigenvalue weighted by Gasteiger charge is -2.28. The Kier molecular flexibility index (Phi) is 10.5. The predicted molar refractivity (Wildman–Crippen MR) is 258 cm³/mol. The summed E-state index contributed by atoms with van der Waals surface area (Å²) in [6.07, 6.45) is 4.41. The van der Waals surface area contributed by atoms with Crippen molar-refractivity contribution in [2.24, 2.45) is 7.05 Å². The highest BCUT2D eigenvalue weighted by molar-refractivity contribution is 6.06. The van der Waals surface area contributed by atoms with E-state index in [1.165, 1.54) is 55.2 Å². The van der Waals surface area contributed by atoms with Gasteiger partial charge in [0.15, 0.2) is 0 Å². The molecule has 0 saturated carbocycles. The van der Waals surface area contributed by atoms with E-state index in [2.05, 4.69) is 255 Å². The summed E-state index contributed by atoms with van der Waals surface area (Å²) < 4.78 is 2.27. The number of nitrogens with zero attached hydrogens (tertiary/aromatic N) is 3. The number of fused-ring (bicyclic) bond motifs is 2. The number of anilines is 6. The van der Waals surface area contributed by atoms with Gasteiger partial charge in [-0.05, 0) is 134 Å². The Bertz CT molecular complexity index is 3000. The minimum Gasteiger partial charge on any atom is -0.348 e. The van der Waals surface area contributed by atoms with Crippen molar-refractivity contribution in [3.8, 4) is 22.4 Å². The molecule has 60 heavy (non-hydrogen) atoms. The van der Waals surface area contributed by atoms with Crippen LogP contribution in [0.2, 0.25) is 0 Å². The molecule has 3 nitrogen and oxygen atoms in total. The van der Waals surface area contributed by atoms with Crippen LogP contribution < -0.4 is 9.80 Å². The zero-order valence-electron chi connectivity index (χ0n) is 35.0. The molecule has 9 rings (SSSR count). The van der Waals surface area contributed by atoms with Crippen LogP contribution in [0.25, 0.3) is 49.5 Å². The second kappa shape index (κ2) is 16.5. The molecule has 9 aromatic rings. The van der Waals surface area contributed by atoms with Crippen molar-refractivity contribution in [2.45, 2.75) is 27.7 Å². The molecule has 0 aliphatic heterocycles. The minimum atomic E-state index is 1.10. The van der Waals surface area contributed by atoms with E-state index in [9.17, 15) is 0 Å². The Morgan fingerprint density at radius 1 is 0.417 bits per heavy atom. The first-order chi connectivity index (χ1) is 29.4. The van der Waals surface area contributed by atoms with Gasteiger partial charge in [-0.3, -0.25) is 0 Å². The fraction of sp³-hybridized carbons (Fsp3) is 0.0877. The summed E-state index contributed by atoms with van der Waals surface area (Å²) in [6, 6.07) is 70.4. The van der Waals surface area contributed by atoms with Gasteiger partial charge < -0.3 is 14.4 Å². The maximum atomic E-state index is 2.38. The van der Waals surface area contributed by atoms with Crippen molar-refractivity contribution >= 4 is 61.2 Å². The van der Waals surface area contributed by atoms with Crippen LogP contribution in [-0.4, -0.2) is 4.57 Å². The van der Waals surface area contributed by atoms with Crippen LogP contribution >= 0.6 is 0 Å². The summed E-state index contributed by atoms with van der Waals surface area (Å²) in [7, 11) is 2.14. The molecule has 0 amide bonds. The minimum absolute atomic E-state index is 1.10. The highest BCUT2D eigenvalue weighted by Gasteiger charge is 2.20. The van der Waals surface area contributed by atoms with E-state index in [0.29, 0.717) is 0 Å². The average Bonchev–Trinajstić information content (AvgIpc) is 3.63. The summed E-state index contributed by atoms with van der Waals surface area (Å²) in [5.41, 5.74) is 16.5. The molecule has 0 N–H and O–H groups in total. The van der Waals surface area contributed by atoms with Crippen LogP contribution in [-0.2, 0) is 7.05 Å². The van der Waals surface area contributed by atoms with E-state index in [4.69, 9.17) is 0 Å². The summed E-state index contributed by atoms with van der Waals surface area (Å²) in [4.78, 5) is 4.75. The molecule has 0 unspecified atom stereocenters. The quantitative estimate of drug-likeness (QED) is 0.128. The van der Waals surface area contributed by atoms with Gasteiger partial charge in [0.25, 0.3) is 0 Å². The fourth-order valence-electron chi connectivity index (χ4n) is 8.40. The lowest BCUT2D eigenvalue weighted by atomic mass is 9.96. The topological polar surface area (TPSA) is 11.4 Å². The standard InChI is InChI=1S/C57H49N3/c1-40(2)24-25-41(3)49-35-38-56(52-22-14-12-20-50(49)52)59(45-16-8-6-9-17-45)47-31-27-43(28-32-47)44-29-33-48(34-30-44)60(46-18-10-7-11-19-46)57-39-36-54(51-21-13-15-23-53(51)57)55-37-26-42(4)58(55)5/h6-39H,1-5H3/b41-25+. The highest BCUT2D eigenvalue weighted by atomic mass is 15.1. The summed E-state index contributed by atoms with van der Waals surface area (Å²) in [5.74, 6) is 0. The smallest absolute Gasteiger partial charge is 0.0540 e. The fourth-order valence-corrected chi connectivity index (χ4v) is 8.40. The van der Waals surface area contributed by atoms with Gasteiger partial charge in [0.2, 0.25) is 0 Å². The van der Waals surface area contributed by atoms with Crippen LogP contribution in [0.1, 0.15) is 32.0 Å². The van der Waals surface area contributed by atoms with Crippen LogP contribution in [0.4, 0.5) is 34.1 Å². The normalized spacial score (nSPS) is 11.5. The SMILES string of the molecule is CC(C)=C/C=C(\C)c1ccc(N(c2ccccc2)c2ccc(-c3ccc(N(c4ccccc4)c4ccc(-c5ccc(C)n5C)c5ccccc45)cc3)cc2)c2ccccc12. The van der Waals surface area contributed by atoms with Crippen molar-refractivity contribution in [1.29, 1.82) is 0 Å². The Labute approximate surface area is 354 Å². The molecular formula is C57H49N3. The lowest BCUT2D eigenvalue weighted by Crippen LogP contribution is -2.11. The molecule has 8 aromatic carbocycles. The molecule has 0 atom stereocenters. The number of aromatic nitrogens is 1. The second-order valence-electron chi connectivity index (χ2n) is 15.8. The van der Waals surface area contributed by atoms with Crippen molar-refractivity contribution in [3.05, 3.63) is 223 Å². The van der Waals surface area contributed by atoms with Gasteiger partial charge in [0.1, 0.15) is 0 Å². The molecular weight excluding hydrogens is 727 g/mol. The molecule has 3 heteroatoms. The zero-order chi connectivity index (χ0) is 41.2. The van der Waals surface area contributed by atoms with E-state index in [0.717, 1.165) is 45.3 Å². The highest BCUT2D eigenvalue weighted by Crippen LogP contribution is 2.44. The Hall–Kier alpha value is -7.36. The number of allylic oxidation sites excluding steroid dienone is 4. The van der Waals surface area contributed by atoms with Crippen LogP contribution in [0, 0.1) is 6.92 Å². The van der Waals surface area contributed by atoms with Gasteiger partial charge in [-0.15, -0.1) is 0 Å². The third-order valence-corrected chi connectivity index (χ3v) is 11.6. The number of rotatable bonds is 10. The molecule has 0 saturated heterocycles. The predicted octanol–water partition coefficient (Wildman–Crippen LogP) is 16.3. The van der Waals surface area contributed by atoms with Gasteiger partial charge in [0, 0.05) is 57.5 Å². The largest absolute Gasteiger partial charge is 0.348 e. The molecule has 0 spiro atoms. The van der Waals surface area contributed by atoms with Crippen LogP contribution in [0.3, 0.4) is 0 Å². The van der Waals surface area contributed by atoms with Crippen molar-refractivity contribution in [1.82, 2.24) is 4.57 Å². The molecule has 0 bridgehead atoms. The lowest BCUT2D eigenvalue weighted by molar-refractivity contribution is 0.892. The van der Waals surface area contributed by atoms with Crippen LogP contribution in [0.5, 0.6) is 0 Å². The van der Waals surface area contributed by atoms with Crippen molar-refractivity contribution in [2.75, 3.05) is 9.80 Å². The van der Waals surface area contributed by atoms with Crippen molar-refractivity contribution < 1.29 is 0 Å². The molecule has 1 aromatic heterocycles. The van der Waals surface area contributed by atoms with Gasteiger partial charge in [-0.2, -0.15) is 0 Å². The Balaban J connectivity index is 1.08. The van der Waals surface area contributed by atoms with E-state index in [1.807, 2.05) is 0 Å². The van der Waals surface area contributed by atoms with Gasteiger partial charge in [0.05, 0.1) is 11.4 Å². The zero-order valence-corrected chi connectivity index (χ0v) is 35.0. The number of para-hydroxylation sites is 2. The molecule has 0 radical (unpaired) electrons. The van der Waals surface area contributed by atoms with Gasteiger partial charge in [-0.1, -0.05) is 139 Å². The molecule has 0 fully saturated rings. The molecule has 292 valence electrons. The van der Waals surface area contributed by atoms with Gasteiger partial charge >= 0.3 is 0 Å². The molecule has 0 aliphatic carbocycles. The first-order valence-corrected chi connectivity index (χ1v) is 20.7. The summed E-state index contributed by atoms with van der Waals surface area (Å²) in [5, 5.41) is 4.89. The summed E-state index contributed by atoms with van der Waals surface area (Å²) in [6.45, 7) is 8.63. The third kappa shape index (κ3) is 7.31. The number of hydrogen-bond acceptors (Lipinski definition) is 2. The number of benzene rings is 8. The molecule has 1 heterocycles. The van der Waals surface area contributed by atoms with Crippen LogP contribution in [0.15, 0.2) is 212 Å². The molecule has 0 aliphatic rings. The van der Waals surface area contributed by atoms with Crippen molar-refractivity contribution in [3.63, 3.8) is 0 Å². The second-order valence-corrected chi connectivity index (χ2v) is 15.8. The maximum absolute atomic E-state index is 2.38. The monoisotopic (exact) mass is 775 g/mol. The van der Waals surface area contributed by atoms with E-state index >= 15 is 0 Å². The number of hydrogen-bond donors (Lipinski definition) is 0. The average molecular weight is 776 g/mol. The van der Waals surface area contributed by atoms with E-state index in [1.54, 1.807) is 0 Å². The maximum Gasteiger partial charge on any atom is 0.0540 e. The first-order valence-electron chi connectivity index (χ1n) is 20.7. The number of aryl methyl sites for hydroxylation is 1.